The largest absolute Gasteiger partial charge is 0.497 e. The van der Waals surface area contributed by atoms with E-state index >= 15 is 0 Å². The van der Waals surface area contributed by atoms with Crippen LogP contribution in [-0.2, 0) is 20.6 Å². The van der Waals surface area contributed by atoms with Gasteiger partial charge in [0.05, 0.1) is 31.9 Å². The van der Waals surface area contributed by atoms with Crippen LogP contribution in [0.2, 0.25) is 5.02 Å². The molecular formula is C23H29ClN2O5S. The highest BCUT2D eigenvalue weighted by Gasteiger charge is 2.33. The van der Waals surface area contributed by atoms with Gasteiger partial charge in [0.15, 0.2) is 0 Å². The summed E-state index contributed by atoms with van der Waals surface area (Å²) in [4.78, 5) is 13.0. The Labute approximate surface area is 194 Å². The average molecular weight is 481 g/mol. The average Bonchev–Trinajstić information content (AvgIpc) is 2.78. The van der Waals surface area contributed by atoms with Gasteiger partial charge in [0.25, 0.3) is 0 Å². The summed E-state index contributed by atoms with van der Waals surface area (Å²) in [6, 6.07) is 11.9. The van der Waals surface area contributed by atoms with Gasteiger partial charge in [0.1, 0.15) is 11.5 Å². The Morgan fingerprint density at radius 3 is 2.69 bits per heavy atom. The molecule has 32 heavy (non-hydrogen) atoms. The van der Waals surface area contributed by atoms with Gasteiger partial charge in [-0.1, -0.05) is 23.7 Å². The van der Waals surface area contributed by atoms with E-state index in [0.717, 1.165) is 5.56 Å². The van der Waals surface area contributed by atoms with Crippen LogP contribution >= 0.6 is 11.6 Å². The summed E-state index contributed by atoms with van der Waals surface area (Å²) < 4.78 is 38.0. The minimum absolute atomic E-state index is 0.140. The number of halogens is 1. The Balaban J connectivity index is 1.68. The predicted molar refractivity (Wildman–Crippen MR) is 124 cm³/mol. The predicted octanol–water partition coefficient (Wildman–Crippen LogP) is 3.78. The van der Waals surface area contributed by atoms with Gasteiger partial charge in [-0.25, -0.2) is 12.7 Å². The molecule has 2 atom stereocenters. The number of piperidine rings is 1. The molecular weight excluding hydrogens is 452 g/mol. The van der Waals surface area contributed by atoms with E-state index in [2.05, 4.69) is 5.32 Å². The number of benzene rings is 2. The molecule has 0 aromatic heterocycles. The second-order valence-corrected chi connectivity index (χ2v) is 10.3. The van der Waals surface area contributed by atoms with Crippen LogP contribution in [0.3, 0.4) is 0 Å². The lowest BCUT2D eigenvalue weighted by molar-refractivity contribution is -0.126. The van der Waals surface area contributed by atoms with E-state index in [9.17, 15) is 13.2 Å². The summed E-state index contributed by atoms with van der Waals surface area (Å²) in [7, 11) is -0.410. The van der Waals surface area contributed by atoms with Crippen molar-refractivity contribution in [1.82, 2.24) is 9.62 Å². The third kappa shape index (κ3) is 5.94. The molecule has 0 aliphatic carbocycles. The highest BCUT2D eigenvalue weighted by molar-refractivity contribution is 7.88. The number of carbonyl (C=O) groups is 1. The van der Waals surface area contributed by atoms with Gasteiger partial charge in [-0.3, -0.25) is 4.79 Å². The first-order valence-electron chi connectivity index (χ1n) is 10.5. The molecule has 1 amide bonds. The van der Waals surface area contributed by atoms with Crippen molar-refractivity contribution < 1.29 is 22.7 Å². The monoisotopic (exact) mass is 480 g/mol. The van der Waals surface area contributed by atoms with E-state index in [4.69, 9.17) is 21.1 Å². The number of nitrogens with zero attached hydrogens (tertiary/aromatic N) is 1. The van der Waals surface area contributed by atoms with Gasteiger partial charge in [-0.05, 0) is 55.7 Å². The maximum absolute atomic E-state index is 13.0. The lowest BCUT2D eigenvalue weighted by Gasteiger charge is -2.32. The van der Waals surface area contributed by atoms with E-state index in [0.29, 0.717) is 41.5 Å². The molecule has 1 heterocycles. The van der Waals surface area contributed by atoms with Crippen molar-refractivity contribution in [1.29, 1.82) is 0 Å². The second-order valence-electron chi connectivity index (χ2n) is 7.92. The van der Waals surface area contributed by atoms with Gasteiger partial charge >= 0.3 is 0 Å². The quantitative estimate of drug-likeness (QED) is 0.621. The Morgan fingerprint density at radius 2 is 2.00 bits per heavy atom. The number of amides is 1. The summed E-state index contributed by atoms with van der Waals surface area (Å²) in [5, 5.41) is 3.50. The Kier molecular flexibility index (Phi) is 8.03. The fourth-order valence-electron chi connectivity index (χ4n) is 3.92. The fourth-order valence-corrected chi connectivity index (χ4v) is 5.74. The molecule has 0 saturated carbocycles. The van der Waals surface area contributed by atoms with Crippen molar-refractivity contribution in [3.63, 3.8) is 0 Å². The molecule has 1 aliphatic rings. The van der Waals surface area contributed by atoms with Gasteiger partial charge in [0, 0.05) is 23.7 Å². The molecule has 174 valence electrons. The summed E-state index contributed by atoms with van der Waals surface area (Å²) in [6.45, 7) is 2.44. The molecule has 0 spiro atoms. The van der Waals surface area contributed by atoms with Crippen LogP contribution < -0.4 is 14.8 Å². The van der Waals surface area contributed by atoms with Gasteiger partial charge in [-0.15, -0.1) is 0 Å². The summed E-state index contributed by atoms with van der Waals surface area (Å²) in [5.41, 5.74) is 1.42. The first kappa shape index (κ1) is 24.4. The molecule has 9 heteroatoms. The zero-order chi connectivity index (χ0) is 23.3. The molecule has 2 aromatic rings. The van der Waals surface area contributed by atoms with Crippen molar-refractivity contribution in [2.24, 2.45) is 5.92 Å². The van der Waals surface area contributed by atoms with Crippen LogP contribution in [0, 0.1) is 5.92 Å². The number of carbonyl (C=O) groups excluding carboxylic acids is 1. The first-order valence-corrected chi connectivity index (χ1v) is 12.5. The molecule has 0 bridgehead atoms. The molecule has 7 nitrogen and oxygen atoms in total. The van der Waals surface area contributed by atoms with Gasteiger partial charge in [-0.2, -0.15) is 0 Å². The molecule has 2 aromatic carbocycles. The lowest BCUT2D eigenvalue weighted by atomic mass is 9.97. The fraction of sp³-hybridized carbons (Fsp3) is 0.435. The smallest absolute Gasteiger partial charge is 0.224 e. The number of rotatable bonds is 8. The second kappa shape index (κ2) is 10.6. The summed E-state index contributed by atoms with van der Waals surface area (Å²) >= 11 is 5.99. The third-order valence-corrected chi connectivity index (χ3v) is 7.70. The van der Waals surface area contributed by atoms with Crippen LogP contribution in [0.25, 0.3) is 0 Å². The van der Waals surface area contributed by atoms with E-state index in [1.165, 1.54) is 4.31 Å². The van der Waals surface area contributed by atoms with Crippen molar-refractivity contribution in [3.05, 3.63) is 58.6 Å². The number of ether oxygens (including phenoxy) is 2. The molecule has 0 unspecified atom stereocenters. The van der Waals surface area contributed by atoms with E-state index in [1.54, 1.807) is 50.6 Å². The topological polar surface area (TPSA) is 84.9 Å². The van der Waals surface area contributed by atoms with Gasteiger partial charge < -0.3 is 14.8 Å². The number of sulfonamides is 1. The summed E-state index contributed by atoms with van der Waals surface area (Å²) in [5.74, 6) is 0.576. The highest BCUT2D eigenvalue weighted by Crippen LogP contribution is 2.30. The zero-order valence-electron chi connectivity index (χ0n) is 18.5. The van der Waals surface area contributed by atoms with Crippen molar-refractivity contribution in [2.45, 2.75) is 31.6 Å². The van der Waals surface area contributed by atoms with Crippen LogP contribution in [0.5, 0.6) is 11.5 Å². The SMILES string of the molecule is COc1ccc(OC)c([C@H](C)NC(=O)[C@H]2CCCN(S(=O)(=O)Cc3cccc(Cl)c3)C2)c1. The molecule has 1 saturated heterocycles. The standard InChI is InChI=1S/C23H29ClN2O5S/c1-16(21-13-20(30-2)9-10-22(21)31-3)25-23(27)18-7-5-11-26(14-18)32(28,29)15-17-6-4-8-19(24)12-17/h4,6,8-10,12-13,16,18H,5,7,11,14-15H2,1-3H3,(H,25,27)/t16-,18-/m0/s1. The van der Waals surface area contributed by atoms with Crippen LogP contribution in [0.15, 0.2) is 42.5 Å². The number of methoxy groups -OCH3 is 2. The maximum Gasteiger partial charge on any atom is 0.224 e. The Bertz CT molecular complexity index is 1060. The number of nitrogens with one attached hydrogen (secondary N) is 1. The maximum atomic E-state index is 13.0. The lowest BCUT2D eigenvalue weighted by Crippen LogP contribution is -2.46. The van der Waals surface area contributed by atoms with Crippen molar-refractivity contribution in [2.75, 3.05) is 27.3 Å². The molecule has 1 aliphatic heterocycles. The molecule has 1 fully saturated rings. The Morgan fingerprint density at radius 1 is 1.22 bits per heavy atom. The van der Waals surface area contributed by atoms with Gasteiger partial charge in [0.2, 0.25) is 15.9 Å². The minimum Gasteiger partial charge on any atom is -0.497 e. The van der Waals surface area contributed by atoms with Crippen molar-refractivity contribution in [3.8, 4) is 11.5 Å². The summed E-state index contributed by atoms with van der Waals surface area (Å²) in [6.07, 6.45) is 1.26. The number of hydrogen-bond donors (Lipinski definition) is 1. The number of hydrogen-bond acceptors (Lipinski definition) is 5. The van der Waals surface area contributed by atoms with E-state index < -0.39 is 15.9 Å². The Hall–Kier alpha value is -2.29. The highest BCUT2D eigenvalue weighted by atomic mass is 35.5. The van der Waals surface area contributed by atoms with Crippen LogP contribution in [0.4, 0.5) is 0 Å². The van der Waals surface area contributed by atoms with Crippen LogP contribution in [-0.4, -0.2) is 45.9 Å². The normalized spacial score (nSPS) is 18.1. The molecule has 3 rings (SSSR count). The van der Waals surface area contributed by atoms with Crippen molar-refractivity contribution >= 4 is 27.5 Å². The molecule has 1 N–H and O–H groups in total. The molecule has 0 radical (unpaired) electrons. The van der Waals surface area contributed by atoms with E-state index in [1.807, 2.05) is 13.0 Å². The zero-order valence-corrected chi connectivity index (χ0v) is 20.1. The third-order valence-electron chi connectivity index (χ3n) is 5.65. The first-order chi connectivity index (χ1) is 15.2. The van der Waals surface area contributed by atoms with Crippen LogP contribution in [0.1, 0.15) is 36.9 Å². The minimum atomic E-state index is -3.56. The van der Waals surface area contributed by atoms with E-state index in [-0.39, 0.29) is 24.2 Å².